The van der Waals surface area contributed by atoms with Crippen LogP contribution in [0.25, 0.3) is 0 Å². The topological polar surface area (TPSA) is 73.3 Å². The molecule has 0 spiro atoms. The Morgan fingerprint density at radius 2 is 2.33 bits per heavy atom. The van der Waals surface area contributed by atoms with Crippen LogP contribution in [-0.2, 0) is 10.3 Å². The third-order valence-electron chi connectivity index (χ3n) is 2.39. The molecule has 1 unspecified atom stereocenters. The first-order valence-corrected chi connectivity index (χ1v) is 4.91. The number of aliphatic hydroxyl groups excluding tert-OH is 1. The van der Waals surface area contributed by atoms with Gasteiger partial charge < -0.3 is 20.1 Å². The number of nitrogens with zero attached hydrogens (tertiary/aromatic N) is 2. The minimum atomic E-state index is -0.399. The second kappa shape index (κ2) is 4.74. The first-order valence-electron chi connectivity index (χ1n) is 4.91. The van der Waals surface area contributed by atoms with E-state index in [4.69, 9.17) is 15.6 Å². The van der Waals surface area contributed by atoms with Crippen molar-refractivity contribution < 1.29 is 9.84 Å². The maximum absolute atomic E-state index is 9.03. The Labute approximate surface area is 89.9 Å². The van der Waals surface area contributed by atoms with Crippen molar-refractivity contribution in [2.75, 3.05) is 20.3 Å². The maximum Gasteiger partial charge on any atom is 0.0954 e. The molecule has 1 rings (SSSR count). The number of aliphatic hydroxyl groups is 1. The Hall–Kier alpha value is -0.910. The van der Waals surface area contributed by atoms with E-state index in [0.717, 1.165) is 5.69 Å². The lowest BCUT2D eigenvalue weighted by atomic mass is 10.1. The number of methoxy groups -OCH3 is 1. The van der Waals surface area contributed by atoms with Crippen LogP contribution in [0.1, 0.15) is 25.6 Å². The fraction of sp³-hybridized carbons (Fsp3) is 0.700. The van der Waals surface area contributed by atoms with Crippen molar-refractivity contribution in [3.63, 3.8) is 0 Å². The molecule has 5 heteroatoms. The summed E-state index contributed by atoms with van der Waals surface area (Å²) in [6, 6.07) is -0.399. The van der Waals surface area contributed by atoms with Crippen LogP contribution in [0.4, 0.5) is 0 Å². The Morgan fingerprint density at radius 3 is 2.87 bits per heavy atom. The number of rotatable bonds is 5. The second-order valence-electron chi connectivity index (χ2n) is 4.22. The monoisotopic (exact) mass is 213 g/mol. The fourth-order valence-corrected chi connectivity index (χ4v) is 1.60. The van der Waals surface area contributed by atoms with Gasteiger partial charge in [-0.25, -0.2) is 4.98 Å². The summed E-state index contributed by atoms with van der Waals surface area (Å²) in [7, 11) is 1.66. The zero-order valence-corrected chi connectivity index (χ0v) is 9.47. The van der Waals surface area contributed by atoms with Crippen molar-refractivity contribution >= 4 is 0 Å². The Morgan fingerprint density at radius 1 is 1.67 bits per heavy atom. The summed E-state index contributed by atoms with van der Waals surface area (Å²) in [6.45, 7) is 4.54. The molecule has 15 heavy (non-hydrogen) atoms. The van der Waals surface area contributed by atoms with Crippen LogP contribution in [-0.4, -0.2) is 35.0 Å². The van der Waals surface area contributed by atoms with E-state index in [-0.39, 0.29) is 12.1 Å². The standard InChI is InChI=1S/C10H19N3O2/c1-10(2,6-15-3)13-7-12-4-9(13)8(11)5-14/h4,7-8,14H,5-6,11H2,1-3H3. The SMILES string of the molecule is COCC(C)(C)n1cncc1C(N)CO. The average molecular weight is 213 g/mol. The molecule has 0 saturated carbocycles. The highest BCUT2D eigenvalue weighted by molar-refractivity contribution is 5.08. The van der Waals surface area contributed by atoms with E-state index in [2.05, 4.69) is 4.98 Å². The largest absolute Gasteiger partial charge is 0.394 e. The number of hydrogen-bond acceptors (Lipinski definition) is 4. The summed E-state index contributed by atoms with van der Waals surface area (Å²) in [5.41, 5.74) is 6.38. The molecule has 0 bridgehead atoms. The van der Waals surface area contributed by atoms with Gasteiger partial charge in [0.1, 0.15) is 0 Å². The molecule has 0 aliphatic heterocycles. The first-order chi connectivity index (χ1) is 7.03. The quantitative estimate of drug-likeness (QED) is 0.735. The highest BCUT2D eigenvalue weighted by Crippen LogP contribution is 2.21. The molecular formula is C10H19N3O2. The molecule has 5 nitrogen and oxygen atoms in total. The minimum Gasteiger partial charge on any atom is -0.394 e. The zero-order valence-electron chi connectivity index (χ0n) is 9.47. The van der Waals surface area contributed by atoms with Crippen molar-refractivity contribution in [1.82, 2.24) is 9.55 Å². The van der Waals surface area contributed by atoms with E-state index in [0.29, 0.717) is 6.61 Å². The smallest absolute Gasteiger partial charge is 0.0954 e. The molecule has 1 atom stereocenters. The van der Waals surface area contributed by atoms with Crippen molar-refractivity contribution in [3.05, 3.63) is 18.2 Å². The Balaban J connectivity index is 2.98. The molecule has 1 heterocycles. The third kappa shape index (κ3) is 2.56. The molecule has 3 N–H and O–H groups in total. The van der Waals surface area contributed by atoms with Crippen LogP contribution in [0.2, 0.25) is 0 Å². The van der Waals surface area contributed by atoms with Crippen LogP contribution < -0.4 is 5.73 Å². The van der Waals surface area contributed by atoms with Gasteiger partial charge in [0.2, 0.25) is 0 Å². The molecule has 0 amide bonds. The molecule has 1 aromatic heterocycles. The predicted octanol–water partition coefficient (Wildman–Crippen LogP) is 0.257. The molecular weight excluding hydrogens is 194 g/mol. The van der Waals surface area contributed by atoms with Crippen molar-refractivity contribution in [3.8, 4) is 0 Å². The maximum atomic E-state index is 9.03. The van der Waals surface area contributed by atoms with Crippen molar-refractivity contribution in [1.29, 1.82) is 0 Å². The van der Waals surface area contributed by atoms with Gasteiger partial charge in [-0.2, -0.15) is 0 Å². The van der Waals surface area contributed by atoms with E-state index >= 15 is 0 Å². The summed E-state index contributed by atoms with van der Waals surface area (Å²) in [4.78, 5) is 4.06. The van der Waals surface area contributed by atoms with E-state index in [9.17, 15) is 0 Å². The van der Waals surface area contributed by atoms with E-state index < -0.39 is 6.04 Å². The van der Waals surface area contributed by atoms with Gasteiger partial charge in [0, 0.05) is 13.3 Å². The van der Waals surface area contributed by atoms with Gasteiger partial charge in [0.25, 0.3) is 0 Å². The van der Waals surface area contributed by atoms with Crippen molar-refractivity contribution in [2.45, 2.75) is 25.4 Å². The van der Waals surface area contributed by atoms with Crippen LogP contribution in [0, 0.1) is 0 Å². The van der Waals surface area contributed by atoms with Crippen LogP contribution in [0.5, 0.6) is 0 Å². The molecule has 0 saturated heterocycles. The van der Waals surface area contributed by atoms with Gasteiger partial charge in [-0.1, -0.05) is 0 Å². The highest BCUT2D eigenvalue weighted by atomic mass is 16.5. The van der Waals surface area contributed by atoms with Gasteiger partial charge in [-0.15, -0.1) is 0 Å². The molecule has 86 valence electrons. The second-order valence-corrected chi connectivity index (χ2v) is 4.22. The zero-order chi connectivity index (χ0) is 11.5. The molecule has 0 fully saturated rings. The first kappa shape index (κ1) is 12.2. The molecule has 0 radical (unpaired) electrons. The molecule has 0 aliphatic rings. The normalized spacial score (nSPS) is 14.2. The van der Waals surface area contributed by atoms with Gasteiger partial charge in [0.15, 0.2) is 0 Å². The van der Waals surface area contributed by atoms with Gasteiger partial charge >= 0.3 is 0 Å². The van der Waals surface area contributed by atoms with Gasteiger partial charge in [-0.05, 0) is 13.8 Å². The van der Waals surface area contributed by atoms with Crippen LogP contribution in [0.15, 0.2) is 12.5 Å². The fourth-order valence-electron chi connectivity index (χ4n) is 1.60. The number of aromatic nitrogens is 2. The van der Waals surface area contributed by atoms with E-state index in [1.165, 1.54) is 0 Å². The number of nitrogens with two attached hydrogens (primary N) is 1. The summed E-state index contributed by atoms with van der Waals surface area (Å²) >= 11 is 0. The number of hydrogen-bond donors (Lipinski definition) is 2. The Kier molecular flexibility index (Phi) is 3.84. The van der Waals surface area contributed by atoms with Crippen LogP contribution in [0.3, 0.4) is 0 Å². The lowest BCUT2D eigenvalue weighted by molar-refractivity contribution is 0.106. The summed E-state index contributed by atoms with van der Waals surface area (Å²) < 4.78 is 7.09. The number of imidazole rings is 1. The third-order valence-corrected chi connectivity index (χ3v) is 2.39. The molecule has 0 aliphatic carbocycles. The van der Waals surface area contributed by atoms with Crippen LogP contribution >= 0.6 is 0 Å². The van der Waals surface area contributed by atoms with Gasteiger partial charge in [0.05, 0.1) is 36.8 Å². The summed E-state index contributed by atoms with van der Waals surface area (Å²) in [5, 5.41) is 9.03. The summed E-state index contributed by atoms with van der Waals surface area (Å²) in [5.74, 6) is 0. The Bertz CT molecular complexity index is 309. The van der Waals surface area contributed by atoms with Crippen molar-refractivity contribution in [2.24, 2.45) is 5.73 Å². The summed E-state index contributed by atoms with van der Waals surface area (Å²) in [6.07, 6.45) is 3.39. The van der Waals surface area contributed by atoms with E-state index in [1.54, 1.807) is 19.6 Å². The number of ether oxygens (including phenoxy) is 1. The predicted molar refractivity (Wildman–Crippen MR) is 57.4 cm³/mol. The van der Waals surface area contributed by atoms with E-state index in [1.807, 2.05) is 18.4 Å². The average Bonchev–Trinajstić information content (AvgIpc) is 2.65. The highest BCUT2D eigenvalue weighted by Gasteiger charge is 2.24. The van der Waals surface area contributed by atoms with Gasteiger partial charge in [-0.3, -0.25) is 0 Å². The lowest BCUT2D eigenvalue weighted by Crippen LogP contribution is -2.34. The minimum absolute atomic E-state index is 0.0885. The molecule has 1 aromatic rings. The molecule has 0 aromatic carbocycles. The lowest BCUT2D eigenvalue weighted by Gasteiger charge is -2.29.